The monoisotopic (exact) mass is 313 g/mol. The standard InChI is InChI=1S/C16H31N3OS/c1-12(2)17-9-16-18-15(11-21-16)10-20-8-7-19(13(3)4)14(5)6/h11-14,17H,7-10H2,1-6H3. The van der Waals surface area contributed by atoms with Crippen molar-refractivity contribution >= 4 is 11.3 Å². The summed E-state index contributed by atoms with van der Waals surface area (Å²) in [7, 11) is 0. The number of nitrogens with zero attached hydrogens (tertiary/aromatic N) is 2. The van der Waals surface area contributed by atoms with Crippen LogP contribution in [0.2, 0.25) is 0 Å². The molecule has 0 aliphatic rings. The normalized spacial score (nSPS) is 12.3. The van der Waals surface area contributed by atoms with Gasteiger partial charge < -0.3 is 10.1 Å². The summed E-state index contributed by atoms with van der Waals surface area (Å²) in [4.78, 5) is 7.03. The maximum absolute atomic E-state index is 5.77. The molecule has 0 unspecified atom stereocenters. The molecule has 1 rings (SSSR count). The largest absolute Gasteiger partial charge is 0.374 e. The Morgan fingerprint density at radius 2 is 1.86 bits per heavy atom. The van der Waals surface area contributed by atoms with Crippen LogP contribution in [-0.4, -0.2) is 41.2 Å². The van der Waals surface area contributed by atoms with Gasteiger partial charge in [-0.05, 0) is 27.7 Å². The quantitative estimate of drug-likeness (QED) is 0.673. The molecular formula is C16H31N3OS. The van der Waals surface area contributed by atoms with Gasteiger partial charge in [0.2, 0.25) is 0 Å². The number of hydrogen-bond donors (Lipinski definition) is 1. The lowest BCUT2D eigenvalue weighted by Crippen LogP contribution is -2.39. The van der Waals surface area contributed by atoms with Crippen LogP contribution in [0.4, 0.5) is 0 Å². The first-order valence-corrected chi connectivity index (χ1v) is 8.78. The predicted octanol–water partition coefficient (Wildman–Crippen LogP) is 3.28. The Bertz CT molecular complexity index is 383. The highest BCUT2D eigenvalue weighted by atomic mass is 32.1. The molecule has 0 radical (unpaired) electrons. The molecule has 1 heterocycles. The first-order valence-electron chi connectivity index (χ1n) is 7.90. The number of ether oxygens (including phenoxy) is 1. The number of aromatic nitrogens is 1. The Hall–Kier alpha value is -0.490. The molecule has 0 aliphatic heterocycles. The molecule has 5 heteroatoms. The Kier molecular flexibility index (Phi) is 8.41. The minimum atomic E-state index is 0.492. The molecule has 0 bridgehead atoms. The van der Waals surface area contributed by atoms with E-state index in [0.717, 1.165) is 30.4 Å². The van der Waals surface area contributed by atoms with Crippen LogP contribution in [0.25, 0.3) is 0 Å². The molecule has 0 amide bonds. The van der Waals surface area contributed by atoms with Gasteiger partial charge in [-0.2, -0.15) is 0 Å². The van der Waals surface area contributed by atoms with E-state index in [0.29, 0.717) is 24.7 Å². The summed E-state index contributed by atoms with van der Waals surface area (Å²) in [6, 6.07) is 1.61. The van der Waals surface area contributed by atoms with E-state index >= 15 is 0 Å². The maximum Gasteiger partial charge on any atom is 0.107 e. The van der Waals surface area contributed by atoms with Crippen molar-refractivity contribution in [2.45, 2.75) is 72.8 Å². The van der Waals surface area contributed by atoms with Gasteiger partial charge in [0.1, 0.15) is 5.01 Å². The average Bonchev–Trinajstić information content (AvgIpc) is 2.83. The highest BCUT2D eigenvalue weighted by Gasteiger charge is 2.12. The highest BCUT2D eigenvalue weighted by Crippen LogP contribution is 2.11. The Morgan fingerprint density at radius 1 is 1.19 bits per heavy atom. The van der Waals surface area contributed by atoms with Crippen LogP contribution in [0, 0.1) is 0 Å². The third kappa shape index (κ3) is 7.36. The van der Waals surface area contributed by atoms with E-state index in [1.54, 1.807) is 11.3 Å². The molecule has 1 aromatic rings. The van der Waals surface area contributed by atoms with Crippen LogP contribution in [0.5, 0.6) is 0 Å². The molecule has 1 aromatic heterocycles. The van der Waals surface area contributed by atoms with Crippen molar-refractivity contribution in [2.24, 2.45) is 0 Å². The van der Waals surface area contributed by atoms with Gasteiger partial charge in [0.25, 0.3) is 0 Å². The van der Waals surface area contributed by atoms with E-state index in [1.807, 2.05) is 0 Å². The zero-order valence-corrected chi connectivity index (χ0v) is 15.2. The minimum Gasteiger partial charge on any atom is -0.374 e. The fourth-order valence-electron chi connectivity index (χ4n) is 2.25. The summed E-state index contributed by atoms with van der Waals surface area (Å²) in [5.74, 6) is 0. The zero-order valence-electron chi connectivity index (χ0n) is 14.3. The van der Waals surface area contributed by atoms with Crippen LogP contribution in [0.3, 0.4) is 0 Å². The molecule has 0 aromatic carbocycles. The molecule has 1 N–H and O–H groups in total. The maximum atomic E-state index is 5.77. The van der Waals surface area contributed by atoms with Crippen molar-refractivity contribution in [1.82, 2.24) is 15.2 Å². The Labute approximate surface area is 133 Å². The van der Waals surface area contributed by atoms with Crippen LogP contribution >= 0.6 is 11.3 Å². The van der Waals surface area contributed by atoms with Gasteiger partial charge in [0.15, 0.2) is 0 Å². The van der Waals surface area contributed by atoms with E-state index < -0.39 is 0 Å². The number of hydrogen-bond acceptors (Lipinski definition) is 5. The van der Waals surface area contributed by atoms with Gasteiger partial charge in [-0.1, -0.05) is 13.8 Å². The first-order chi connectivity index (χ1) is 9.90. The Balaban J connectivity index is 2.26. The first kappa shape index (κ1) is 18.6. The van der Waals surface area contributed by atoms with Crippen LogP contribution in [0.1, 0.15) is 52.2 Å². The molecule has 122 valence electrons. The fourth-order valence-corrected chi connectivity index (χ4v) is 2.98. The van der Waals surface area contributed by atoms with E-state index in [2.05, 4.69) is 62.1 Å². The summed E-state index contributed by atoms with van der Waals surface area (Å²) in [5.41, 5.74) is 1.04. The summed E-state index contributed by atoms with van der Waals surface area (Å²) < 4.78 is 5.77. The number of rotatable bonds is 10. The molecule has 0 aliphatic carbocycles. The lowest BCUT2D eigenvalue weighted by atomic mass is 10.2. The lowest BCUT2D eigenvalue weighted by Gasteiger charge is -2.30. The van der Waals surface area contributed by atoms with Crippen molar-refractivity contribution in [3.8, 4) is 0 Å². The molecule has 4 nitrogen and oxygen atoms in total. The van der Waals surface area contributed by atoms with Gasteiger partial charge in [0.05, 0.1) is 18.9 Å². The summed E-state index contributed by atoms with van der Waals surface area (Å²) in [6.45, 7) is 16.4. The van der Waals surface area contributed by atoms with Crippen LogP contribution in [0.15, 0.2) is 5.38 Å². The molecule has 0 atom stereocenters. The molecule has 0 saturated heterocycles. The second-order valence-electron chi connectivity index (χ2n) is 6.25. The summed E-state index contributed by atoms with van der Waals surface area (Å²) in [5, 5.41) is 6.61. The van der Waals surface area contributed by atoms with Crippen molar-refractivity contribution in [1.29, 1.82) is 0 Å². The van der Waals surface area contributed by atoms with Gasteiger partial charge in [-0.3, -0.25) is 4.90 Å². The van der Waals surface area contributed by atoms with Gasteiger partial charge in [-0.25, -0.2) is 4.98 Å². The zero-order chi connectivity index (χ0) is 15.8. The lowest BCUT2D eigenvalue weighted by molar-refractivity contribution is 0.0687. The molecule has 0 spiro atoms. The molecule has 21 heavy (non-hydrogen) atoms. The topological polar surface area (TPSA) is 37.4 Å². The van der Waals surface area contributed by atoms with E-state index in [9.17, 15) is 0 Å². The summed E-state index contributed by atoms with van der Waals surface area (Å²) >= 11 is 1.70. The highest BCUT2D eigenvalue weighted by molar-refractivity contribution is 7.09. The van der Waals surface area contributed by atoms with Crippen molar-refractivity contribution < 1.29 is 4.74 Å². The molecule has 0 fully saturated rings. The van der Waals surface area contributed by atoms with E-state index in [4.69, 9.17) is 4.74 Å². The molecule has 0 saturated carbocycles. The van der Waals surface area contributed by atoms with Crippen LogP contribution < -0.4 is 5.32 Å². The SMILES string of the molecule is CC(C)NCc1nc(COCCN(C(C)C)C(C)C)cs1. The summed E-state index contributed by atoms with van der Waals surface area (Å²) in [6.07, 6.45) is 0. The van der Waals surface area contributed by atoms with E-state index in [-0.39, 0.29) is 0 Å². The third-order valence-corrected chi connectivity index (χ3v) is 4.23. The molecular weight excluding hydrogens is 282 g/mol. The number of thiazole rings is 1. The van der Waals surface area contributed by atoms with Gasteiger partial charge in [0, 0.05) is 36.6 Å². The average molecular weight is 314 g/mol. The minimum absolute atomic E-state index is 0.492. The van der Waals surface area contributed by atoms with Crippen molar-refractivity contribution in [3.63, 3.8) is 0 Å². The second-order valence-corrected chi connectivity index (χ2v) is 7.19. The van der Waals surface area contributed by atoms with Crippen molar-refractivity contribution in [3.05, 3.63) is 16.1 Å². The van der Waals surface area contributed by atoms with Crippen LogP contribution in [-0.2, 0) is 17.9 Å². The third-order valence-electron chi connectivity index (χ3n) is 3.33. The smallest absolute Gasteiger partial charge is 0.107 e. The van der Waals surface area contributed by atoms with Crippen molar-refractivity contribution in [2.75, 3.05) is 13.2 Å². The predicted molar refractivity (Wildman–Crippen MR) is 90.7 cm³/mol. The second kappa shape index (κ2) is 9.51. The van der Waals surface area contributed by atoms with Gasteiger partial charge >= 0.3 is 0 Å². The Morgan fingerprint density at radius 3 is 2.43 bits per heavy atom. The van der Waals surface area contributed by atoms with E-state index in [1.165, 1.54) is 0 Å². The number of nitrogens with one attached hydrogen (secondary N) is 1. The fraction of sp³-hybridized carbons (Fsp3) is 0.812. The van der Waals surface area contributed by atoms with Gasteiger partial charge in [-0.15, -0.1) is 11.3 Å².